The van der Waals surface area contributed by atoms with Gasteiger partial charge in [-0.3, -0.25) is 4.90 Å². The lowest BCUT2D eigenvalue weighted by Crippen LogP contribution is -2.25. The molecule has 1 N–H and O–H groups in total. The number of fused-ring (bicyclic) bond motifs is 4. The van der Waals surface area contributed by atoms with Gasteiger partial charge >= 0.3 is 0 Å². The molecular weight excluding hydrogens is 460 g/mol. The topological polar surface area (TPSA) is 41.9 Å². The van der Waals surface area contributed by atoms with Gasteiger partial charge in [0.25, 0.3) is 0 Å². The first-order chi connectivity index (χ1) is 17.6. The molecule has 0 spiro atoms. The Morgan fingerprint density at radius 3 is 2.53 bits per heavy atom. The van der Waals surface area contributed by atoms with Gasteiger partial charge in [0.15, 0.2) is 0 Å². The summed E-state index contributed by atoms with van der Waals surface area (Å²) < 4.78 is 42.1. The summed E-state index contributed by atoms with van der Waals surface area (Å²) in [6.45, 7) is 4.03. The van der Waals surface area contributed by atoms with E-state index in [1.165, 1.54) is 12.8 Å². The van der Waals surface area contributed by atoms with E-state index in [-0.39, 0.29) is 34.5 Å². The third kappa shape index (κ3) is 4.21. The maximum Gasteiger partial charge on any atom is 0.134 e. The zero-order valence-electron chi connectivity index (χ0n) is 19.8. The van der Waals surface area contributed by atoms with E-state index in [9.17, 15) is 9.50 Å². The van der Waals surface area contributed by atoms with E-state index in [2.05, 4.69) is 4.90 Å². The number of ether oxygens (including phenoxy) is 2. The minimum atomic E-state index is -0.725. The third-order valence-corrected chi connectivity index (χ3v) is 7.22. The van der Waals surface area contributed by atoms with Gasteiger partial charge in [-0.15, -0.1) is 0 Å². The Bertz CT molecular complexity index is 1560. The second-order valence-electron chi connectivity index (χ2n) is 9.46. The van der Waals surface area contributed by atoms with Gasteiger partial charge in [0.2, 0.25) is 0 Å². The van der Waals surface area contributed by atoms with Crippen molar-refractivity contribution in [1.29, 1.82) is 0 Å². The Morgan fingerprint density at radius 2 is 1.75 bits per heavy atom. The lowest BCUT2D eigenvalue weighted by atomic mass is 9.95. The van der Waals surface area contributed by atoms with Gasteiger partial charge in [-0.25, -0.2) is 8.78 Å². The average Bonchev–Trinajstić information content (AvgIpc) is 3.38. The zero-order valence-corrected chi connectivity index (χ0v) is 19.8. The van der Waals surface area contributed by atoms with Crippen LogP contribution in [0.1, 0.15) is 35.6 Å². The molecule has 36 heavy (non-hydrogen) atoms. The summed E-state index contributed by atoms with van der Waals surface area (Å²) >= 11 is 0. The fourth-order valence-electron chi connectivity index (χ4n) is 5.37. The molecule has 0 saturated carbocycles. The van der Waals surface area contributed by atoms with Crippen molar-refractivity contribution in [3.8, 4) is 11.5 Å². The van der Waals surface area contributed by atoms with Crippen LogP contribution in [-0.4, -0.2) is 36.2 Å². The van der Waals surface area contributed by atoms with E-state index < -0.39 is 11.7 Å². The number of phenolic OH excluding ortho intramolecular Hbond substituents is 1. The van der Waals surface area contributed by atoms with Crippen molar-refractivity contribution in [2.75, 3.05) is 26.2 Å². The Balaban J connectivity index is 1.33. The summed E-state index contributed by atoms with van der Waals surface area (Å²) in [6, 6.07) is 16.1. The SMILES string of the molecule is Oc1cc2c(c3c1=c1ccccc1=C(F)C=C3F)COC(c1ccc(OCCN3CCCC3)cc1)C=2. The van der Waals surface area contributed by atoms with Crippen molar-refractivity contribution in [1.82, 2.24) is 4.90 Å². The molecule has 4 nitrogen and oxygen atoms in total. The number of nitrogens with zero attached hydrogens (tertiary/aromatic N) is 1. The second-order valence-corrected chi connectivity index (χ2v) is 9.46. The minimum absolute atomic E-state index is 0.0897. The zero-order chi connectivity index (χ0) is 24.6. The molecular formula is C30H27F2NO3. The Morgan fingerprint density at radius 1 is 1.00 bits per heavy atom. The summed E-state index contributed by atoms with van der Waals surface area (Å²) in [5.74, 6) is -0.681. The number of likely N-dealkylation sites (tertiary alicyclic amines) is 1. The molecule has 1 atom stereocenters. The molecule has 3 aromatic rings. The first kappa shape index (κ1) is 23.0. The summed E-state index contributed by atoms with van der Waals surface area (Å²) in [5, 5.41) is 12.6. The van der Waals surface area contributed by atoms with Crippen LogP contribution < -0.4 is 15.2 Å². The number of hydrogen-bond acceptors (Lipinski definition) is 4. The van der Waals surface area contributed by atoms with Crippen LogP contribution >= 0.6 is 0 Å². The molecule has 1 unspecified atom stereocenters. The number of benzene rings is 3. The van der Waals surface area contributed by atoms with Crippen LogP contribution in [0.5, 0.6) is 11.5 Å². The van der Waals surface area contributed by atoms with E-state index in [4.69, 9.17) is 9.47 Å². The largest absolute Gasteiger partial charge is 0.507 e. The highest BCUT2D eigenvalue weighted by atomic mass is 19.1. The van der Waals surface area contributed by atoms with Gasteiger partial charge < -0.3 is 14.6 Å². The minimum Gasteiger partial charge on any atom is -0.507 e. The molecule has 3 aromatic carbocycles. The number of hydrogen-bond donors (Lipinski definition) is 1. The summed E-state index contributed by atoms with van der Waals surface area (Å²) in [4.78, 5) is 2.41. The fraction of sp³-hybridized carbons (Fsp3) is 0.267. The van der Waals surface area contributed by atoms with Crippen LogP contribution in [0.3, 0.4) is 0 Å². The number of allylic oxidation sites excluding steroid dienone is 1. The summed E-state index contributed by atoms with van der Waals surface area (Å²) in [7, 11) is 0. The van der Waals surface area contributed by atoms with Gasteiger partial charge in [-0.2, -0.15) is 0 Å². The van der Waals surface area contributed by atoms with Crippen molar-refractivity contribution in [2.24, 2.45) is 0 Å². The highest BCUT2D eigenvalue weighted by molar-refractivity contribution is 5.75. The fourth-order valence-corrected chi connectivity index (χ4v) is 5.37. The van der Waals surface area contributed by atoms with E-state index in [1.54, 1.807) is 30.3 Å². The average molecular weight is 488 g/mol. The van der Waals surface area contributed by atoms with E-state index in [0.717, 1.165) is 37.0 Å². The predicted molar refractivity (Wildman–Crippen MR) is 135 cm³/mol. The lowest BCUT2D eigenvalue weighted by Gasteiger charge is -2.22. The van der Waals surface area contributed by atoms with Gasteiger partial charge in [0.1, 0.15) is 35.9 Å². The molecule has 2 aliphatic heterocycles. The molecule has 1 aliphatic carbocycles. The van der Waals surface area contributed by atoms with Crippen molar-refractivity contribution in [3.63, 3.8) is 0 Å². The Kier molecular flexibility index (Phi) is 6.07. The molecule has 6 heteroatoms. The van der Waals surface area contributed by atoms with Gasteiger partial charge in [0.05, 0.1) is 6.61 Å². The molecule has 0 aromatic heterocycles. The Labute approximate surface area is 207 Å². The predicted octanol–water partition coefficient (Wildman–Crippen LogP) is 4.61. The van der Waals surface area contributed by atoms with Crippen LogP contribution in [0.4, 0.5) is 8.78 Å². The molecule has 2 heterocycles. The molecule has 1 fully saturated rings. The van der Waals surface area contributed by atoms with Gasteiger partial charge in [-0.05, 0) is 71.8 Å². The number of rotatable bonds is 5. The molecule has 0 amide bonds. The molecule has 0 bridgehead atoms. The molecule has 6 rings (SSSR count). The van der Waals surface area contributed by atoms with Crippen molar-refractivity contribution in [3.05, 3.63) is 98.2 Å². The smallest absolute Gasteiger partial charge is 0.134 e. The van der Waals surface area contributed by atoms with E-state index >= 15 is 4.39 Å². The van der Waals surface area contributed by atoms with Crippen LogP contribution in [0.15, 0.2) is 60.7 Å². The molecule has 184 valence electrons. The lowest BCUT2D eigenvalue weighted by molar-refractivity contribution is 0.0756. The standard InChI is InChI=1S/C30H27F2NO3/c31-25-17-26(32)29-24-18-36-28(16-20(24)15-27(34)30(29)23-6-2-1-5-22(23)25)19-7-9-21(10-8-19)35-14-13-33-11-3-4-12-33/h1-2,5-10,15-17,28,34H,3-4,11-14,18H2. The van der Waals surface area contributed by atoms with Crippen molar-refractivity contribution < 1.29 is 23.4 Å². The van der Waals surface area contributed by atoms with E-state index in [1.807, 2.05) is 30.3 Å². The first-order valence-electron chi connectivity index (χ1n) is 12.4. The van der Waals surface area contributed by atoms with Crippen molar-refractivity contribution >= 4 is 17.7 Å². The van der Waals surface area contributed by atoms with Crippen LogP contribution in [0.2, 0.25) is 0 Å². The van der Waals surface area contributed by atoms with Crippen molar-refractivity contribution in [2.45, 2.75) is 25.6 Å². The molecule has 3 aliphatic rings. The van der Waals surface area contributed by atoms with Crippen LogP contribution in [0, 0.1) is 10.4 Å². The highest BCUT2D eigenvalue weighted by Crippen LogP contribution is 2.33. The normalized spacial score (nSPS) is 19.0. The number of aromatic hydroxyl groups is 1. The molecule has 0 radical (unpaired) electrons. The quantitative estimate of drug-likeness (QED) is 0.571. The second kappa shape index (κ2) is 9.52. The Hall–Kier alpha value is -3.48. The highest BCUT2D eigenvalue weighted by Gasteiger charge is 2.23. The van der Waals surface area contributed by atoms with Crippen LogP contribution in [-0.2, 0) is 11.3 Å². The van der Waals surface area contributed by atoms with E-state index in [0.29, 0.717) is 22.6 Å². The first-order valence-corrected chi connectivity index (χ1v) is 12.4. The number of halogens is 2. The number of phenols is 1. The maximum absolute atomic E-state index is 15.3. The van der Waals surface area contributed by atoms with Crippen LogP contribution in [0.25, 0.3) is 17.7 Å². The molecule has 1 saturated heterocycles. The monoisotopic (exact) mass is 487 g/mol. The maximum atomic E-state index is 15.3. The summed E-state index contributed by atoms with van der Waals surface area (Å²) in [6.07, 6.45) is 4.93. The van der Waals surface area contributed by atoms with Gasteiger partial charge in [-0.1, -0.05) is 36.4 Å². The summed E-state index contributed by atoms with van der Waals surface area (Å²) in [5.41, 5.74) is 1.71. The third-order valence-electron chi connectivity index (χ3n) is 7.22. The van der Waals surface area contributed by atoms with Gasteiger partial charge in [0, 0.05) is 28.6 Å².